The third-order valence-corrected chi connectivity index (χ3v) is 5.24. The molecule has 0 aromatic heterocycles. The monoisotopic (exact) mass is 292 g/mol. The SMILES string of the molecule is CCCCCCCCCCCCPCc1ccccc1. The zero-order valence-electron chi connectivity index (χ0n) is 13.4. The van der Waals surface area contributed by atoms with E-state index in [4.69, 9.17) is 0 Å². The number of hydrogen-bond acceptors (Lipinski definition) is 0. The fourth-order valence-corrected chi connectivity index (χ4v) is 3.77. The maximum atomic E-state index is 2.29. The normalized spacial score (nSPS) is 11.4. The van der Waals surface area contributed by atoms with E-state index in [2.05, 4.69) is 37.3 Å². The molecule has 0 fully saturated rings. The van der Waals surface area contributed by atoms with Gasteiger partial charge in [0.05, 0.1) is 0 Å². The summed E-state index contributed by atoms with van der Waals surface area (Å²) in [6, 6.07) is 10.9. The highest BCUT2D eigenvalue weighted by Crippen LogP contribution is 2.20. The van der Waals surface area contributed by atoms with Crippen molar-refractivity contribution in [1.82, 2.24) is 0 Å². The Morgan fingerprint density at radius 3 is 1.85 bits per heavy atom. The molecule has 0 saturated carbocycles. The van der Waals surface area contributed by atoms with Crippen molar-refractivity contribution in [3.05, 3.63) is 35.9 Å². The van der Waals surface area contributed by atoms with Gasteiger partial charge in [-0.3, -0.25) is 0 Å². The first kappa shape index (κ1) is 17.7. The Hall–Kier alpha value is -0.350. The second-order valence-electron chi connectivity index (χ2n) is 5.84. The Kier molecular flexibility index (Phi) is 12.1. The van der Waals surface area contributed by atoms with Crippen LogP contribution >= 0.6 is 8.58 Å². The van der Waals surface area contributed by atoms with E-state index in [0.29, 0.717) is 0 Å². The van der Waals surface area contributed by atoms with Crippen molar-refractivity contribution in [2.75, 3.05) is 6.16 Å². The first-order valence-corrected chi connectivity index (χ1v) is 10.1. The van der Waals surface area contributed by atoms with Gasteiger partial charge in [0.2, 0.25) is 0 Å². The summed E-state index contributed by atoms with van der Waals surface area (Å²) in [6.07, 6.45) is 17.2. The van der Waals surface area contributed by atoms with Gasteiger partial charge >= 0.3 is 0 Å². The van der Waals surface area contributed by atoms with Crippen LogP contribution < -0.4 is 0 Å². The van der Waals surface area contributed by atoms with Crippen LogP contribution in [0.2, 0.25) is 0 Å². The van der Waals surface area contributed by atoms with Crippen molar-refractivity contribution in [3.63, 3.8) is 0 Å². The molecular weight excluding hydrogens is 259 g/mol. The summed E-state index contributed by atoms with van der Waals surface area (Å²) in [6.45, 7) is 2.29. The minimum absolute atomic E-state index is 1.12. The molecular formula is C19H33P. The lowest BCUT2D eigenvalue weighted by atomic mass is 10.1. The summed E-state index contributed by atoms with van der Waals surface area (Å²) in [5.74, 6) is 0. The molecule has 0 aliphatic rings. The molecule has 0 aliphatic heterocycles. The lowest BCUT2D eigenvalue weighted by Crippen LogP contribution is -1.84. The van der Waals surface area contributed by atoms with Gasteiger partial charge < -0.3 is 0 Å². The molecule has 0 nitrogen and oxygen atoms in total. The summed E-state index contributed by atoms with van der Waals surface area (Å²) in [4.78, 5) is 0. The summed E-state index contributed by atoms with van der Waals surface area (Å²) in [7, 11) is 1.12. The van der Waals surface area contributed by atoms with E-state index in [0.717, 1.165) is 8.58 Å². The zero-order valence-corrected chi connectivity index (χ0v) is 14.4. The van der Waals surface area contributed by atoms with Gasteiger partial charge in [-0.1, -0.05) is 95.0 Å². The van der Waals surface area contributed by atoms with Crippen molar-refractivity contribution in [2.24, 2.45) is 0 Å². The summed E-state index contributed by atoms with van der Waals surface area (Å²) >= 11 is 0. The molecule has 0 saturated heterocycles. The van der Waals surface area contributed by atoms with Gasteiger partial charge in [0.1, 0.15) is 0 Å². The molecule has 0 bridgehead atoms. The molecule has 0 heterocycles. The Morgan fingerprint density at radius 1 is 0.700 bits per heavy atom. The first-order valence-electron chi connectivity index (χ1n) is 8.68. The van der Waals surface area contributed by atoms with E-state index in [1.807, 2.05) is 0 Å². The van der Waals surface area contributed by atoms with Gasteiger partial charge in [0.15, 0.2) is 0 Å². The molecule has 20 heavy (non-hydrogen) atoms. The molecule has 0 aliphatic carbocycles. The molecule has 1 heteroatoms. The van der Waals surface area contributed by atoms with E-state index < -0.39 is 0 Å². The van der Waals surface area contributed by atoms with E-state index in [1.54, 1.807) is 0 Å². The highest BCUT2D eigenvalue weighted by Gasteiger charge is 1.94. The number of rotatable bonds is 13. The standard InChI is InChI=1S/C19H33P/c1-2-3-4-5-6-7-8-9-10-14-17-20-18-19-15-12-11-13-16-19/h11-13,15-16,20H,2-10,14,17-18H2,1H3. The van der Waals surface area contributed by atoms with Gasteiger partial charge in [-0.15, -0.1) is 8.58 Å². The summed E-state index contributed by atoms with van der Waals surface area (Å²) in [5, 5.41) is 0. The zero-order chi connectivity index (χ0) is 14.3. The smallest absolute Gasteiger partial charge is 0.0101 e. The molecule has 0 radical (unpaired) electrons. The minimum Gasteiger partial charge on any atom is -0.118 e. The van der Waals surface area contributed by atoms with Crippen LogP contribution in [0.4, 0.5) is 0 Å². The van der Waals surface area contributed by atoms with Crippen LogP contribution in [0.1, 0.15) is 76.7 Å². The molecule has 0 amide bonds. The average molecular weight is 292 g/mol. The van der Waals surface area contributed by atoms with Gasteiger partial charge in [-0.2, -0.15) is 0 Å². The molecule has 1 atom stereocenters. The maximum Gasteiger partial charge on any atom is -0.0101 e. The Labute approximate surface area is 128 Å². The van der Waals surface area contributed by atoms with Crippen LogP contribution in [0.5, 0.6) is 0 Å². The Balaban J connectivity index is 1.77. The molecule has 1 rings (SSSR count). The molecule has 1 aromatic rings. The van der Waals surface area contributed by atoms with Crippen molar-refractivity contribution < 1.29 is 0 Å². The second-order valence-corrected chi connectivity index (χ2v) is 7.20. The van der Waals surface area contributed by atoms with Crippen LogP contribution in [-0.4, -0.2) is 6.16 Å². The molecule has 1 unspecified atom stereocenters. The van der Waals surface area contributed by atoms with Crippen molar-refractivity contribution >= 4 is 8.58 Å². The highest BCUT2D eigenvalue weighted by molar-refractivity contribution is 7.37. The fourth-order valence-electron chi connectivity index (χ4n) is 2.57. The third-order valence-electron chi connectivity index (χ3n) is 3.88. The topological polar surface area (TPSA) is 0 Å². The minimum atomic E-state index is 1.12. The van der Waals surface area contributed by atoms with Crippen molar-refractivity contribution in [2.45, 2.75) is 77.3 Å². The van der Waals surface area contributed by atoms with Gasteiger partial charge in [0, 0.05) is 0 Å². The predicted octanol–water partition coefficient (Wildman–Crippen LogP) is 6.79. The first-order chi connectivity index (χ1) is 9.93. The number of unbranched alkanes of at least 4 members (excludes halogenated alkanes) is 9. The van der Waals surface area contributed by atoms with Crippen LogP contribution in [0.3, 0.4) is 0 Å². The number of hydrogen-bond donors (Lipinski definition) is 0. The molecule has 114 valence electrons. The van der Waals surface area contributed by atoms with E-state index in [-0.39, 0.29) is 0 Å². The lowest BCUT2D eigenvalue weighted by molar-refractivity contribution is 0.563. The van der Waals surface area contributed by atoms with E-state index in [9.17, 15) is 0 Å². The maximum absolute atomic E-state index is 2.29. The summed E-state index contributed by atoms with van der Waals surface area (Å²) in [5.41, 5.74) is 1.51. The van der Waals surface area contributed by atoms with Crippen LogP contribution in [0, 0.1) is 0 Å². The van der Waals surface area contributed by atoms with Crippen LogP contribution in [0.25, 0.3) is 0 Å². The van der Waals surface area contributed by atoms with Gasteiger partial charge in [-0.05, 0) is 24.3 Å². The number of benzene rings is 1. The highest BCUT2D eigenvalue weighted by atomic mass is 31.1. The van der Waals surface area contributed by atoms with Crippen LogP contribution in [-0.2, 0) is 6.16 Å². The fraction of sp³-hybridized carbons (Fsp3) is 0.684. The van der Waals surface area contributed by atoms with Gasteiger partial charge in [0.25, 0.3) is 0 Å². The third kappa shape index (κ3) is 10.4. The Bertz CT molecular complexity index is 294. The van der Waals surface area contributed by atoms with E-state index in [1.165, 1.54) is 82.1 Å². The van der Waals surface area contributed by atoms with Gasteiger partial charge in [-0.25, -0.2) is 0 Å². The molecule has 0 spiro atoms. The van der Waals surface area contributed by atoms with Crippen molar-refractivity contribution in [3.8, 4) is 0 Å². The second kappa shape index (κ2) is 13.6. The van der Waals surface area contributed by atoms with Crippen LogP contribution in [0.15, 0.2) is 30.3 Å². The van der Waals surface area contributed by atoms with E-state index >= 15 is 0 Å². The lowest BCUT2D eigenvalue weighted by Gasteiger charge is -2.03. The molecule has 0 N–H and O–H groups in total. The average Bonchev–Trinajstić information content (AvgIpc) is 2.49. The quantitative estimate of drug-likeness (QED) is 0.277. The Morgan fingerprint density at radius 2 is 1.25 bits per heavy atom. The predicted molar refractivity (Wildman–Crippen MR) is 95.2 cm³/mol. The van der Waals surface area contributed by atoms with Crippen molar-refractivity contribution in [1.29, 1.82) is 0 Å². The molecule has 1 aromatic carbocycles. The summed E-state index contributed by atoms with van der Waals surface area (Å²) < 4.78 is 0. The largest absolute Gasteiger partial charge is 0.118 e.